The summed E-state index contributed by atoms with van der Waals surface area (Å²) in [5.41, 5.74) is 2.32. The Balaban J connectivity index is 1.49. The topological polar surface area (TPSA) is 46.8 Å². The molecule has 6 heteroatoms. The molecule has 1 aliphatic rings. The van der Waals surface area contributed by atoms with Gasteiger partial charge in [0.25, 0.3) is 0 Å². The molecule has 24 heavy (non-hydrogen) atoms. The van der Waals surface area contributed by atoms with E-state index in [1.165, 1.54) is 11.3 Å². The van der Waals surface area contributed by atoms with Crippen LogP contribution in [0.4, 0.5) is 5.13 Å². The van der Waals surface area contributed by atoms with Gasteiger partial charge in [-0.2, -0.15) is 0 Å². The van der Waals surface area contributed by atoms with Gasteiger partial charge in [0, 0.05) is 32.0 Å². The fraction of sp³-hybridized carbons (Fsp3) is 0.500. The third-order valence-electron chi connectivity index (χ3n) is 4.88. The highest BCUT2D eigenvalue weighted by Crippen LogP contribution is 2.33. The molecule has 3 heterocycles. The van der Waals surface area contributed by atoms with Gasteiger partial charge in [0.2, 0.25) is 5.13 Å². The number of para-hydroxylation sites is 2. The molecule has 0 unspecified atom stereocenters. The quantitative estimate of drug-likeness (QED) is 0.724. The van der Waals surface area contributed by atoms with Crippen molar-refractivity contribution in [1.82, 2.24) is 19.7 Å². The average Bonchev–Trinajstić information content (AvgIpc) is 3.21. The molecule has 3 aromatic rings. The SMILES string of the molecule is CC(C)c1nnc(N2CCC(c3nc4ccccc4n3C)CC2)s1. The lowest BCUT2D eigenvalue weighted by atomic mass is 9.96. The van der Waals surface area contributed by atoms with Gasteiger partial charge in [-0.15, -0.1) is 10.2 Å². The summed E-state index contributed by atoms with van der Waals surface area (Å²) >= 11 is 1.73. The van der Waals surface area contributed by atoms with Gasteiger partial charge < -0.3 is 9.47 Å². The molecular weight excluding hydrogens is 318 g/mol. The molecule has 5 nitrogen and oxygen atoms in total. The van der Waals surface area contributed by atoms with Crippen molar-refractivity contribution in [3.05, 3.63) is 35.1 Å². The van der Waals surface area contributed by atoms with E-state index in [4.69, 9.17) is 4.98 Å². The maximum absolute atomic E-state index is 4.88. The number of fused-ring (bicyclic) bond motifs is 1. The zero-order valence-corrected chi connectivity index (χ0v) is 15.3. The first kappa shape index (κ1) is 15.6. The number of hydrogen-bond acceptors (Lipinski definition) is 5. The Kier molecular flexibility index (Phi) is 4.00. The Labute approximate surface area is 146 Å². The third kappa shape index (κ3) is 2.69. The molecule has 0 spiro atoms. The highest BCUT2D eigenvalue weighted by molar-refractivity contribution is 7.15. The van der Waals surface area contributed by atoms with Crippen LogP contribution in [0.25, 0.3) is 11.0 Å². The van der Waals surface area contributed by atoms with Crippen molar-refractivity contribution in [3.63, 3.8) is 0 Å². The van der Waals surface area contributed by atoms with Gasteiger partial charge in [-0.3, -0.25) is 0 Å². The molecule has 0 aliphatic carbocycles. The molecule has 0 N–H and O–H groups in total. The van der Waals surface area contributed by atoms with Crippen molar-refractivity contribution in [2.75, 3.05) is 18.0 Å². The fourth-order valence-corrected chi connectivity index (χ4v) is 4.34. The number of rotatable bonds is 3. The van der Waals surface area contributed by atoms with Crippen LogP contribution in [0.3, 0.4) is 0 Å². The van der Waals surface area contributed by atoms with Crippen molar-refractivity contribution in [3.8, 4) is 0 Å². The van der Waals surface area contributed by atoms with Gasteiger partial charge >= 0.3 is 0 Å². The molecule has 1 fully saturated rings. The Hall–Kier alpha value is -1.95. The minimum atomic E-state index is 0.453. The second-order valence-electron chi connectivity index (χ2n) is 6.86. The van der Waals surface area contributed by atoms with E-state index < -0.39 is 0 Å². The van der Waals surface area contributed by atoms with Crippen LogP contribution in [0.5, 0.6) is 0 Å². The van der Waals surface area contributed by atoms with Crippen LogP contribution in [0.1, 0.15) is 49.4 Å². The van der Waals surface area contributed by atoms with Crippen molar-refractivity contribution >= 4 is 27.5 Å². The van der Waals surface area contributed by atoms with E-state index in [2.05, 4.69) is 64.8 Å². The minimum Gasteiger partial charge on any atom is -0.347 e. The van der Waals surface area contributed by atoms with Gasteiger partial charge in [0.15, 0.2) is 0 Å². The van der Waals surface area contributed by atoms with Crippen LogP contribution >= 0.6 is 11.3 Å². The van der Waals surface area contributed by atoms with Crippen molar-refractivity contribution in [2.45, 2.75) is 38.5 Å². The second-order valence-corrected chi connectivity index (χ2v) is 7.84. The van der Waals surface area contributed by atoms with Crippen LogP contribution in [0.15, 0.2) is 24.3 Å². The van der Waals surface area contributed by atoms with Crippen molar-refractivity contribution in [1.29, 1.82) is 0 Å². The Bertz CT molecular complexity index is 842. The number of anilines is 1. The summed E-state index contributed by atoms with van der Waals surface area (Å²) in [6.45, 7) is 6.39. The van der Waals surface area contributed by atoms with Gasteiger partial charge in [0.05, 0.1) is 11.0 Å². The largest absolute Gasteiger partial charge is 0.347 e. The smallest absolute Gasteiger partial charge is 0.208 e. The van der Waals surface area contributed by atoms with Crippen LogP contribution in [0.2, 0.25) is 0 Å². The number of piperidine rings is 1. The van der Waals surface area contributed by atoms with E-state index >= 15 is 0 Å². The Morgan fingerprint density at radius 2 is 1.88 bits per heavy atom. The number of imidazole rings is 1. The number of aryl methyl sites for hydroxylation is 1. The molecule has 0 saturated carbocycles. The first-order chi connectivity index (χ1) is 11.6. The van der Waals surface area contributed by atoms with Gasteiger partial charge in [0.1, 0.15) is 10.8 Å². The average molecular weight is 341 g/mol. The molecule has 126 valence electrons. The van der Waals surface area contributed by atoms with E-state index in [-0.39, 0.29) is 0 Å². The number of benzene rings is 1. The molecule has 0 atom stereocenters. The molecule has 2 aromatic heterocycles. The summed E-state index contributed by atoms with van der Waals surface area (Å²) in [7, 11) is 2.14. The summed E-state index contributed by atoms with van der Waals surface area (Å²) < 4.78 is 2.26. The highest BCUT2D eigenvalue weighted by atomic mass is 32.1. The standard InChI is InChI=1S/C18H23N5S/c1-12(2)17-20-21-18(24-17)23-10-8-13(9-11-23)16-19-14-6-4-5-7-15(14)22(16)3/h4-7,12-13H,8-11H2,1-3H3. The Morgan fingerprint density at radius 3 is 2.54 bits per heavy atom. The van der Waals surface area contributed by atoms with Crippen LogP contribution in [0, 0.1) is 0 Å². The molecular formula is C18H23N5S. The summed E-state index contributed by atoms with van der Waals surface area (Å²) in [4.78, 5) is 7.26. The summed E-state index contributed by atoms with van der Waals surface area (Å²) in [6.07, 6.45) is 2.24. The monoisotopic (exact) mass is 341 g/mol. The summed E-state index contributed by atoms with van der Waals surface area (Å²) in [5.74, 6) is 2.20. The zero-order valence-electron chi connectivity index (χ0n) is 14.4. The predicted octanol–water partition coefficient (Wildman–Crippen LogP) is 3.93. The number of nitrogens with zero attached hydrogens (tertiary/aromatic N) is 5. The van der Waals surface area contributed by atoms with Gasteiger partial charge in [-0.25, -0.2) is 4.98 Å². The van der Waals surface area contributed by atoms with E-state index in [1.807, 2.05) is 0 Å². The summed E-state index contributed by atoms with van der Waals surface area (Å²) in [5, 5.41) is 10.9. The van der Waals surface area contributed by atoms with Crippen molar-refractivity contribution < 1.29 is 0 Å². The van der Waals surface area contributed by atoms with E-state index in [0.717, 1.165) is 41.6 Å². The number of aromatic nitrogens is 4. The normalized spacial score (nSPS) is 16.4. The molecule has 4 rings (SSSR count). The van der Waals surface area contributed by atoms with E-state index in [0.29, 0.717) is 11.8 Å². The molecule has 1 saturated heterocycles. The van der Waals surface area contributed by atoms with E-state index in [1.54, 1.807) is 11.3 Å². The molecule has 0 bridgehead atoms. The van der Waals surface area contributed by atoms with Gasteiger partial charge in [-0.05, 0) is 25.0 Å². The number of hydrogen-bond donors (Lipinski definition) is 0. The first-order valence-electron chi connectivity index (χ1n) is 8.63. The maximum atomic E-state index is 4.88. The van der Waals surface area contributed by atoms with Crippen LogP contribution < -0.4 is 4.90 Å². The first-order valence-corrected chi connectivity index (χ1v) is 9.45. The highest BCUT2D eigenvalue weighted by Gasteiger charge is 2.26. The molecule has 0 amide bonds. The maximum Gasteiger partial charge on any atom is 0.208 e. The second kappa shape index (κ2) is 6.16. The zero-order chi connectivity index (χ0) is 16.7. The molecule has 1 aromatic carbocycles. The van der Waals surface area contributed by atoms with E-state index in [9.17, 15) is 0 Å². The predicted molar refractivity (Wildman–Crippen MR) is 98.9 cm³/mol. The lowest BCUT2D eigenvalue weighted by Gasteiger charge is -2.31. The van der Waals surface area contributed by atoms with Crippen LogP contribution in [-0.4, -0.2) is 32.8 Å². The molecule has 0 radical (unpaired) electrons. The summed E-state index contributed by atoms with van der Waals surface area (Å²) in [6, 6.07) is 8.39. The lowest BCUT2D eigenvalue weighted by molar-refractivity contribution is 0.476. The Morgan fingerprint density at radius 1 is 1.12 bits per heavy atom. The minimum absolute atomic E-state index is 0.453. The van der Waals surface area contributed by atoms with Crippen LogP contribution in [-0.2, 0) is 7.05 Å². The lowest BCUT2D eigenvalue weighted by Crippen LogP contribution is -2.33. The van der Waals surface area contributed by atoms with Gasteiger partial charge in [-0.1, -0.05) is 37.3 Å². The third-order valence-corrected chi connectivity index (χ3v) is 6.16. The fourth-order valence-electron chi connectivity index (χ4n) is 3.45. The molecule has 1 aliphatic heterocycles. The van der Waals surface area contributed by atoms with Crippen molar-refractivity contribution in [2.24, 2.45) is 7.05 Å².